The van der Waals surface area contributed by atoms with E-state index in [0.29, 0.717) is 0 Å². The van der Waals surface area contributed by atoms with E-state index in [2.05, 4.69) is 555 Å². The van der Waals surface area contributed by atoms with Crippen LogP contribution in [0.25, 0.3) is 231 Å². The third kappa shape index (κ3) is 15.0. The van der Waals surface area contributed by atoms with Crippen LogP contribution in [0.1, 0.15) is 0 Å². The van der Waals surface area contributed by atoms with E-state index >= 15 is 0 Å². The molecule has 0 radical (unpaired) electrons. The summed E-state index contributed by atoms with van der Waals surface area (Å²) < 4.78 is 20.9. The summed E-state index contributed by atoms with van der Waals surface area (Å²) in [5.74, 6) is 0. The Kier molecular flexibility index (Phi) is 20.5. The van der Waals surface area contributed by atoms with Gasteiger partial charge in [0.25, 0.3) is 0 Å². The maximum atomic E-state index is 7.13. The van der Waals surface area contributed by atoms with Gasteiger partial charge in [0.05, 0.1) is 5.69 Å². The summed E-state index contributed by atoms with van der Waals surface area (Å²) in [4.78, 5) is 7.20. The van der Waals surface area contributed by atoms with Crippen molar-refractivity contribution in [3.8, 4) is 111 Å². The zero-order valence-corrected chi connectivity index (χ0v) is 79.5. The molecule has 25 aromatic carbocycles. The van der Waals surface area contributed by atoms with Gasteiger partial charge in [0, 0.05) is 99.4 Å². The fourth-order valence-corrected chi connectivity index (χ4v) is 22.5. The Labute approximate surface area is 844 Å². The largest absolute Gasteiger partial charge is 0.455 e. The summed E-state index contributed by atoms with van der Waals surface area (Å²) in [5.41, 5.74) is 37.1. The Bertz CT molecular complexity index is 10000. The second kappa shape index (κ2) is 35.4. The molecule has 0 fully saturated rings. The van der Waals surface area contributed by atoms with Crippen LogP contribution < -0.4 is 14.7 Å². The van der Waals surface area contributed by atoms with Gasteiger partial charge in [-0.3, -0.25) is 0 Å². The van der Waals surface area contributed by atoms with E-state index in [1.807, 2.05) is 0 Å². The van der Waals surface area contributed by atoms with Gasteiger partial charge in [-0.25, -0.2) is 0 Å². The minimum absolute atomic E-state index is 0.833. The third-order valence-corrected chi connectivity index (χ3v) is 29.6. The van der Waals surface area contributed by atoms with Crippen LogP contribution in [0.3, 0.4) is 0 Å². The lowest BCUT2D eigenvalue weighted by Gasteiger charge is -2.28. The highest BCUT2D eigenvalue weighted by Gasteiger charge is 2.27. The van der Waals surface area contributed by atoms with Crippen molar-refractivity contribution in [2.24, 2.45) is 0 Å². The highest BCUT2D eigenvalue weighted by atomic mass is 16.3. The molecule has 0 spiro atoms. The second-order valence-electron chi connectivity index (χ2n) is 38.1. The highest BCUT2D eigenvalue weighted by molar-refractivity contribution is 6.23. The molecule has 28 aromatic rings. The zero-order chi connectivity index (χ0) is 96.2. The average Bonchev–Trinajstić information content (AvgIpc) is 1.56. The van der Waals surface area contributed by atoms with Crippen molar-refractivity contribution in [3.05, 3.63) is 540 Å². The number of hydrogen-bond acceptors (Lipinski definition) is 6. The first kappa shape index (κ1) is 84.7. The van der Waals surface area contributed by atoms with Gasteiger partial charge < -0.3 is 28.0 Å². The molecule has 6 heteroatoms. The minimum atomic E-state index is 0.833. The Hall–Kier alpha value is -19.4. The van der Waals surface area contributed by atoms with E-state index in [9.17, 15) is 0 Å². The molecular formula is C140H89N3O3. The molecule has 3 aromatic heterocycles. The SMILES string of the molecule is c1ccc(-c2ccc(N(c3cccc(-c4ccc(-c5ccc6ccc7c(oc8cccc(-c9cccc(N(c%10cccc(-c%11ccccc%11)c%10)c%10cccc(-c%11cccc%12ccccc%11%12)c%10)c9)c87)c6c5)cc4)c3)c3cccc(-c4cccc5oc6c7cc(-c8ccc(-c9cccc(N(c%10cccc(-c%11cccc%12oc%13c%14ccccc%14ccc%13c%11%12)c%10)c%10cccc%11ccccc%10%11)c9)cc8)ccc7ccc6c45)c3)cc2)cc1. The number of hydrogen-bond donors (Lipinski definition) is 0. The van der Waals surface area contributed by atoms with E-state index in [0.717, 1.165) is 249 Å². The fourth-order valence-electron chi connectivity index (χ4n) is 22.5. The molecule has 6 nitrogen and oxygen atoms in total. The van der Waals surface area contributed by atoms with E-state index in [1.54, 1.807) is 0 Å². The van der Waals surface area contributed by atoms with Gasteiger partial charge in [0.15, 0.2) is 0 Å². The van der Waals surface area contributed by atoms with Gasteiger partial charge in [0.2, 0.25) is 0 Å². The fraction of sp³-hybridized carbons (Fsp3) is 0. The molecule has 3 heterocycles. The molecule has 0 aliphatic heterocycles. The molecule has 0 saturated carbocycles. The van der Waals surface area contributed by atoms with Crippen molar-refractivity contribution in [3.63, 3.8) is 0 Å². The Balaban J connectivity index is 0.475. The molecule has 0 aliphatic carbocycles. The van der Waals surface area contributed by atoms with Gasteiger partial charge in [-0.15, -0.1) is 0 Å². The van der Waals surface area contributed by atoms with Crippen molar-refractivity contribution in [1.29, 1.82) is 0 Å². The number of benzene rings is 25. The summed E-state index contributed by atoms with van der Waals surface area (Å²) in [7, 11) is 0. The number of anilines is 9. The topological polar surface area (TPSA) is 49.1 Å². The first-order chi connectivity index (χ1) is 72.3. The first-order valence-corrected chi connectivity index (χ1v) is 49.9. The van der Waals surface area contributed by atoms with Crippen LogP contribution in [0.5, 0.6) is 0 Å². The highest BCUT2D eigenvalue weighted by Crippen LogP contribution is 2.51. The first-order valence-electron chi connectivity index (χ1n) is 49.9. The van der Waals surface area contributed by atoms with Gasteiger partial charge in [-0.1, -0.05) is 388 Å². The smallest absolute Gasteiger partial charge is 0.143 e. The molecule has 682 valence electrons. The van der Waals surface area contributed by atoms with Crippen molar-refractivity contribution >= 4 is 171 Å². The molecule has 0 aliphatic rings. The van der Waals surface area contributed by atoms with Gasteiger partial charge in [-0.2, -0.15) is 0 Å². The zero-order valence-electron chi connectivity index (χ0n) is 79.5. The predicted octanol–water partition coefficient (Wildman–Crippen LogP) is 40.2. The normalized spacial score (nSPS) is 11.7. The standard InChI is InChI=1S/C140H89N3O3/c1-3-25-90(26-4-1)92-71-76-111(77-72-92)141(112-41-14-35-103(82-112)93-59-63-95(64-60-93)105-69-67-101-75-80-128-137-123(53-24-58-134(137)146-140(128)130(101)88-105)109-39-18-45-116(86-109)142(113-42-13-34-102(81-113)91-27-5-2-6-28-91)115-44-16-37-107(84-115)120-51-20-32-97-29-7-10-48-119(97)120)114-43-17-38-108(85-114)122-52-23-57-133-136(122)127-79-74-100-68-70-106(89-129(100)139(127)145-133)96-65-61-94(62-66-96)104-36-15-46-117(83-104)143(131-55-21-33-98-30-8-11-49-121(98)131)118-47-19-40-110(87-118)124-54-22-56-132-135(124)126-78-73-99-31-9-12-50-125(99)138(126)144-132/h1-89H. The second-order valence-corrected chi connectivity index (χ2v) is 38.1. The maximum Gasteiger partial charge on any atom is 0.143 e. The van der Waals surface area contributed by atoms with E-state index < -0.39 is 0 Å². The molecule has 146 heavy (non-hydrogen) atoms. The predicted molar refractivity (Wildman–Crippen MR) is 614 cm³/mol. The molecule has 28 rings (SSSR count). The van der Waals surface area contributed by atoms with Crippen molar-refractivity contribution in [2.75, 3.05) is 14.7 Å². The number of nitrogens with zero attached hydrogens (tertiary/aromatic N) is 3. The maximum absolute atomic E-state index is 7.13. The molecule has 0 saturated heterocycles. The third-order valence-electron chi connectivity index (χ3n) is 29.6. The lowest BCUT2D eigenvalue weighted by molar-refractivity contribution is 0.672. The van der Waals surface area contributed by atoms with Gasteiger partial charge in [0.1, 0.15) is 33.5 Å². The number of furan rings is 3. The molecule has 0 N–H and O–H groups in total. The molecule has 0 unspecified atom stereocenters. The molecule has 0 atom stereocenters. The Morgan fingerprint density at radius 2 is 0.370 bits per heavy atom. The summed E-state index contributed by atoms with van der Waals surface area (Å²) in [6, 6.07) is 196. The molecular weight excluding hydrogens is 1770 g/mol. The van der Waals surface area contributed by atoms with Crippen LogP contribution >= 0.6 is 0 Å². The van der Waals surface area contributed by atoms with Crippen molar-refractivity contribution < 1.29 is 13.3 Å². The van der Waals surface area contributed by atoms with E-state index in [1.165, 1.54) is 32.8 Å². The van der Waals surface area contributed by atoms with Crippen LogP contribution in [0.15, 0.2) is 553 Å². The van der Waals surface area contributed by atoms with Crippen LogP contribution in [0.2, 0.25) is 0 Å². The quantitative estimate of drug-likeness (QED) is 0.0804. The summed E-state index contributed by atoms with van der Waals surface area (Å²) >= 11 is 0. The number of fused-ring (bicyclic) bond motifs is 17. The van der Waals surface area contributed by atoms with Gasteiger partial charge in [-0.05, 0) is 295 Å². The summed E-state index contributed by atoms with van der Waals surface area (Å²) in [6.07, 6.45) is 0. The van der Waals surface area contributed by atoms with Crippen LogP contribution in [0.4, 0.5) is 51.2 Å². The van der Waals surface area contributed by atoms with Gasteiger partial charge >= 0.3 is 0 Å². The summed E-state index contributed by atoms with van der Waals surface area (Å²) in [5, 5.41) is 17.9. The van der Waals surface area contributed by atoms with E-state index in [4.69, 9.17) is 13.3 Å². The molecule has 0 bridgehead atoms. The van der Waals surface area contributed by atoms with Crippen LogP contribution in [-0.2, 0) is 0 Å². The average molecular weight is 1860 g/mol. The van der Waals surface area contributed by atoms with Crippen LogP contribution in [-0.4, -0.2) is 0 Å². The monoisotopic (exact) mass is 1860 g/mol. The lowest BCUT2D eigenvalue weighted by atomic mass is 9.95. The Morgan fingerprint density at radius 3 is 0.795 bits per heavy atom. The van der Waals surface area contributed by atoms with Crippen molar-refractivity contribution in [2.45, 2.75) is 0 Å². The van der Waals surface area contributed by atoms with Crippen LogP contribution in [0, 0.1) is 0 Å². The van der Waals surface area contributed by atoms with E-state index in [-0.39, 0.29) is 0 Å². The number of rotatable bonds is 19. The lowest BCUT2D eigenvalue weighted by Crippen LogP contribution is -2.10. The minimum Gasteiger partial charge on any atom is -0.455 e. The Morgan fingerprint density at radius 1 is 0.123 bits per heavy atom. The summed E-state index contributed by atoms with van der Waals surface area (Å²) in [6.45, 7) is 0. The van der Waals surface area contributed by atoms with Crippen molar-refractivity contribution in [1.82, 2.24) is 0 Å². The molecule has 0 amide bonds.